The molecule has 1 N–H and O–H groups in total. The molecule has 0 aliphatic carbocycles. The minimum Gasteiger partial charge on any atom is -0.314 e. The zero-order chi connectivity index (χ0) is 12.0. The first-order chi connectivity index (χ1) is 7.71. The molecule has 1 aliphatic heterocycles. The second kappa shape index (κ2) is 7.29. The molecule has 2 atom stereocenters. The highest BCUT2D eigenvalue weighted by atomic mass is 15.2. The molecule has 1 rings (SSSR count). The molecule has 0 aromatic heterocycles. The molecule has 2 unspecified atom stereocenters. The summed E-state index contributed by atoms with van der Waals surface area (Å²) in [4.78, 5) is 2.59. The molecule has 96 valence electrons. The highest BCUT2D eigenvalue weighted by molar-refractivity contribution is 4.82. The Morgan fingerprint density at radius 3 is 2.44 bits per heavy atom. The predicted octanol–water partition coefficient (Wildman–Crippen LogP) is 2.89. The zero-order valence-corrected chi connectivity index (χ0v) is 11.6. The number of nitrogens with zero attached hydrogens (tertiary/aromatic N) is 1. The third-order valence-electron chi connectivity index (χ3n) is 4.27. The summed E-state index contributed by atoms with van der Waals surface area (Å²) in [6, 6.07) is 1.52. The van der Waals surface area contributed by atoms with Crippen molar-refractivity contribution in [1.82, 2.24) is 10.2 Å². The summed E-state index contributed by atoms with van der Waals surface area (Å²) >= 11 is 0. The van der Waals surface area contributed by atoms with Gasteiger partial charge in [0, 0.05) is 12.1 Å². The van der Waals surface area contributed by atoms with Gasteiger partial charge in [0.1, 0.15) is 0 Å². The van der Waals surface area contributed by atoms with E-state index in [0.717, 1.165) is 18.0 Å². The van der Waals surface area contributed by atoms with Crippen molar-refractivity contribution >= 4 is 0 Å². The van der Waals surface area contributed by atoms with E-state index in [1.54, 1.807) is 0 Å². The van der Waals surface area contributed by atoms with Crippen molar-refractivity contribution in [3.63, 3.8) is 0 Å². The molecule has 0 saturated carbocycles. The van der Waals surface area contributed by atoms with Crippen molar-refractivity contribution in [2.24, 2.45) is 5.92 Å². The highest BCUT2D eigenvalue weighted by Crippen LogP contribution is 2.17. The van der Waals surface area contributed by atoms with Crippen LogP contribution >= 0.6 is 0 Å². The van der Waals surface area contributed by atoms with Crippen molar-refractivity contribution in [2.75, 3.05) is 19.6 Å². The van der Waals surface area contributed by atoms with E-state index in [2.05, 4.69) is 37.9 Å². The van der Waals surface area contributed by atoms with Crippen LogP contribution in [0.5, 0.6) is 0 Å². The number of piperidine rings is 1. The van der Waals surface area contributed by atoms with E-state index in [1.165, 1.54) is 45.3 Å². The molecule has 1 aliphatic rings. The Morgan fingerprint density at radius 1 is 1.25 bits per heavy atom. The van der Waals surface area contributed by atoms with Crippen LogP contribution in [0.3, 0.4) is 0 Å². The van der Waals surface area contributed by atoms with Gasteiger partial charge in [-0.05, 0) is 45.3 Å². The van der Waals surface area contributed by atoms with Crippen LogP contribution in [0.4, 0.5) is 0 Å². The van der Waals surface area contributed by atoms with Gasteiger partial charge in [0.25, 0.3) is 0 Å². The molecule has 0 amide bonds. The highest BCUT2D eigenvalue weighted by Gasteiger charge is 2.23. The summed E-state index contributed by atoms with van der Waals surface area (Å²) in [7, 11) is 0. The maximum atomic E-state index is 3.77. The first-order valence-electron chi connectivity index (χ1n) is 7.18. The Labute approximate surface area is 102 Å². The fourth-order valence-electron chi connectivity index (χ4n) is 2.79. The van der Waals surface area contributed by atoms with Gasteiger partial charge in [-0.2, -0.15) is 0 Å². The van der Waals surface area contributed by atoms with Crippen LogP contribution in [0.25, 0.3) is 0 Å². The average Bonchev–Trinajstić information content (AvgIpc) is 2.30. The topological polar surface area (TPSA) is 15.3 Å². The van der Waals surface area contributed by atoms with Crippen LogP contribution in [-0.4, -0.2) is 36.6 Å². The van der Waals surface area contributed by atoms with Crippen LogP contribution in [0, 0.1) is 5.92 Å². The third kappa shape index (κ3) is 4.06. The first-order valence-corrected chi connectivity index (χ1v) is 7.18. The van der Waals surface area contributed by atoms with Crippen molar-refractivity contribution in [2.45, 2.75) is 65.5 Å². The molecular formula is C14H30N2. The third-order valence-corrected chi connectivity index (χ3v) is 4.27. The standard InChI is InChI=1S/C14H30N2/c1-5-13(6-2)11-15-14-8-9-16(7-3)12(4)10-14/h12-15H,5-11H2,1-4H3. The lowest BCUT2D eigenvalue weighted by atomic mass is 9.96. The fourth-order valence-corrected chi connectivity index (χ4v) is 2.79. The van der Waals surface area contributed by atoms with E-state index in [-0.39, 0.29) is 0 Å². The van der Waals surface area contributed by atoms with Gasteiger partial charge in [-0.25, -0.2) is 0 Å². The summed E-state index contributed by atoms with van der Waals surface area (Å²) in [6.45, 7) is 13.0. The van der Waals surface area contributed by atoms with Gasteiger partial charge < -0.3 is 10.2 Å². The lowest BCUT2D eigenvalue weighted by Crippen LogP contribution is -2.48. The molecule has 0 bridgehead atoms. The quantitative estimate of drug-likeness (QED) is 0.749. The summed E-state index contributed by atoms with van der Waals surface area (Å²) < 4.78 is 0. The van der Waals surface area contributed by atoms with Crippen molar-refractivity contribution in [1.29, 1.82) is 0 Å². The lowest BCUT2D eigenvalue weighted by molar-refractivity contribution is 0.141. The fraction of sp³-hybridized carbons (Fsp3) is 1.00. The normalized spacial score (nSPS) is 27.6. The van der Waals surface area contributed by atoms with Crippen molar-refractivity contribution in [3.8, 4) is 0 Å². The molecule has 1 heterocycles. The number of rotatable bonds is 6. The van der Waals surface area contributed by atoms with Gasteiger partial charge in [-0.15, -0.1) is 0 Å². The number of hydrogen-bond acceptors (Lipinski definition) is 2. The Balaban J connectivity index is 2.24. The van der Waals surface area contributed by atoms with Gasteiger partial charge in [0.15, 0.2) is 0 Å². The van der Waals surface area contributed by atoms with E-state index in [9.17, 15) is 0 Å². The zero-order valence-electron chi connectivity index (χ0n) is 11.6. The van der Waals surface area contributed by atoms with Crippen LogP contribution in [-0.2, 0) is 0 Å². The molecule has 16 heavy (non-hydrogen) atoms. The van der Waals surface area contributed by atoms with Gasteiger partial charge >= 0.3 is 0 Å². The van der Waals surface area contributed by atoms with Gasteiger partial charge in [0.05, 0.1) is 0 Å². The van der Waals surface area contributed by atoms with E-state index < -0.39 is 0 Å². The predicted molar refractivity (Wildman–Crippen MR) is 71.8 cm³/mol. The molecule has 2 nitrogen and oxygen atoms in total. The van der Waals surface area contributed by atoms with Gasteiger partial charge in [0.2, 0.25) is 0 Å². The minimum absolute atomic E-state index is 0.762. The van der Waals surface area contributed by atoms with E-state index in [1.807, 2.05) is 0 Å². The Bertz CT molecular complexity index is 178. The number of likely N-dealkylation sites (tertiary alicyclic amines) is 1. The van der Waals surface area contributed by atoms with Crippen LogP contribution < -0.4 is 5.32 Å². The first kappa shape index (κ1) is 14.0. The molecule has 0 aromatic rings. The maximum absolute atomic E-state index is 3.77. The van der Waals surface area contributed by atoms with E-state index in [4.69, 9.17) is 0 Å². The second-order valence-corrected chi connectivity index (χ2v) is 5.29. The smallest absolute Gasteiger partial charge is 0.00941 e. The Hall–Kier alpha value is -0.0800. The van der Waals surface area contributed by atoms with E-state index >= 15 is 0 Å². The molecule has 1 fully saturated rings. The monoisotopic (exact) mass is 226 g/mol. The van der Waals surface area contributed by atoms with Crippen LogP contribution in [0.2, 0.25) is 0 Å². The van der Waals surface area contributed by atoms with Gasteiger partial charge in [-0.1, -0.05) is 33.6 Å². The SMILES string of the molecule is CCC(CC)CNC1CCN(CC)C(C)C1. The summed E-state index contributed by atoms with van der Waals surface area (Å²) in [5.74, 6) is 0.875. The summed E-state index contributed by atoms with van der Waals surface area (Å²) in [5.41, 5.74) is 0. The maximum Gasteiger partial charge on any atom is 0.00941 e. The van der Waals surface area contributed by atoms with Crippen molar-refractivity contribution in [3.05, 3.63) is 0 Å². The van der Waals surface area contributed by atoms with Crippen LogP contribution in [0.1, 0.15) is 53.4 Å². The Morgan fingerprint density at radius 2 is 1.94 bits per heavy atom. The molecule has 0 radical (unpaired) electrons. The molecular weight excluding hydrogens is 196 g/mol. The summed E-state index contributed by atoms with van der Waals surface area (Å²) in [5, 5.41) is 3.77. The van der Waals surface area contributed by atoms with Crippen LogP contribution in [0.15, 0.2) is 0 Å². The molecule has 0 aromatic carbocycles. The minimum atomic E-state index is 0.762. The number of hydrogen-bond donors (Lipinski definition) is 1. The Kier molecular flexibility index (Phi) is 6.37. The average molecular weight is 226 g/mol. The number of nitrogens with one attached hydrogen (secondary N) is 1. The van der Waals surface area contributed by atoms with Gasteiger partial charge in [-0.3, -0.25) is 0 Å². The largest absolute Gasteiger partial charge is 0.314 e. The second-order valence-electron chi connectivity index (χ2n) is 5.29. The van der Waals surface area contributed by atoms with E-state index in [0.29, 0.717) is 0 Å². The molecule has 1 saturated heterocycles. The lowest BCUT2D eigenvalue weighted by Gasteiger charge is -2.37. The van der Waals surface area contributed by atoms with Crippen molar-refractivity contribution < 1.29 is 0 Å². The molecule has 2 heteroatoms. The molecule has 0 spiro atoms. The summed E-state index contributed by atoms with van der Waals surface area (Å²) in [6.07, 6.45) is 5.28.